The molecule has 0 radical (unpaired) electrons. The fraction of sp³-hybridized carbons (Fsp3) is 0.333. The Hall–Kier alpha value is -3.14. The summed E-state index contributed by atoms with van der Waals surface area (Å²) in [7, 11) is 0. The maximum absolute atomic E-state index is 12.4. The fourth-order valence-corrected chi connectivity index (χ4v) is 5.64. The summed E-state index contributed by atoms with van der Waals surface area (Å²) in [5, 5.41) is 0. The summed E-state index contributed by atoms with van der Waals surface area (Å²) in [5.74, 6) is 1.71. The van der Waals surface area contributed by atoms with Crippen LogP contribution in [0, 0.1) is 11.3 Å². The second-order valence-electron chi connectivity index (χ2n) is 8.99. The van der Waals surface area contributed by atoms with Crippen molar-refractivity contribution in [2.75, 3.05) is 0 Å². The van der Waals surface area contributed by atoms with Crippen LogP contribution in [0.3, 0.4) is 0 Å². The van der Waals surface area contributed by atoms with Gasteiger partial charge in [0.05, 0.1) is 5.56 Å². The van der Waals surface area contributed by atoms with Crippen molar-refractivity contribution in [1.82, 2.24) is 0 Å². The molecule has 0 aliphatic heterocycles. The van der Waals surface area contributed by atoms with Crippen LogP contribution in [0.5, 0.6) is 5.75 Å². The van der Waals surface area contributed by atoms with Gasteiger partial charge in [-0.15, -0.1) is 0 Å². The fourth-order valence-electron chi connectivity index (χ4n) is 5.64. The molecule has 2 aromatic rings. The largest absolute Gasteiger partial charge is 0.430 e. The van der Waals surface area contributed by atoms with E-state index in [0.29, 0.717) is 23.1 Å². The van der Waals surface area contributed by atoms with Crippen LogP contribution < -0.4 is 4.74 Å². The Bertz CT molecular complexity index is 1110. The third-order valence-corrected chi connectivity index (χ3v) is 7.15. The molecule has 5 rings (SSSR count). The molecule has 0 aromatic heterocycles. The summed E-state index contributed by atoms with van der Waals surface area (Å²) in [6.07, 6.45) is 8.17. The number of benzene rings is 2. The highest BCUT2D eigenvalue weighted by Crippen LogP contribution is 2.59. The van der Waals surface area contributed by atoms with Crippen LogP contribution in [0.1, 0.15) is 60.5 Å². The van der Waals surface area contributed by atoms with Gasteiger partial charge in [0.25, 0.3) is 0 Å². The molecule has 31 heavy (non-hydrogen) atoms. The molecule has 0 amide bonds. The van der Waals surface area contributed by atoms with Gasteiger partial charge in [-0.2, -0.15) is 0 Å². The van der Waals surface area contributed by atoms with Gasteiger partial charge >= 0.3 is 11.9 Å². The zero-order chi connectivity index (χ0) is 21.6. The molecule has 4 nitrogen and oxygen atoms in total. The predicted molar refractivity (Wildman–Crippen MR) is 118 cm³/mol. The van der Waals surface area contributed by atoms with Crippen molar-refractivity contribution in [3.05, 3.63) is 88.7 Å². The number of rotatable bonds is 3. The smallest absolute Gasteiger partial charge is 0.343 e. The topological polar surface area (TPSA) is 52.6 Å². The first kappa shape index (κ1) is 19.8. The third-order valence-electron chi connectivity index (χ3n) is 7.15. The van der Waals surface area contributed by atoms with E-state index < -0.39 is 0 Å². The van der Waals surface area contributed by atoms with Crippen LogP contribution in [0.25, 0.3) is 0 Å². The van der Waals surface area contributed by atoms with Crippen molar-refractivity contribution in [2.24, 2.45) is 11.3 Å². The molecule has 2 aromatic carbocycles. The molecule has 3 aliphatic carbocycles. The van der Waals surface area contributed by atoms with Crippen molar-refractivity contribution in [2.45, 2.75) is 45.4 Å². The number of ether oxygens (including phenoxy) is 2. The molecule has 158 valence electrons. The van der Waals surface area contributed by atoms with E-state index in [4.69, 9.17) is 9.47 Å². The number of carbonyl (C=O) groups is 2. The summed E-state index contributed by atoms with van der Waals surface area (Å²) >= 11 is 0. The molecular formula is C27H26O4. The van der Waals surface area contributed by atoms with E-state index in [9.17, 15) is 9.59 Å². The number of aryl methyl sites for hydroxylation is 1. The number of fused-ring (bicyclic) bond motifs is 5. The Morgan fingerprint density at radius 1 is 0.968 bits per heavy atom. The lowest BCUT2D eigenvalue weighted by atomic mass is 9.58. The Kier molecular flexibility index (Phi) is 4.81. The van der Waals surface area contributed by atoms with Gasteiger partial charge in [0.2, 0.25) is 0 Å². The first-order valence-corrected chi connectivity index (χ1v) is 11.0. The zero-order valence-corrected chi connectivity index (χ0v) is 17.9. The van der Waals surface area contributed by atoms with Crippen molar-refractivity contribution >= 4 is 11.9 Å². The number of hydrogen-bond donors (Lipinski definition) is 0. The van der Waals surface area contributed by atoms with E-state index in [1.54, 1.807) is 12.1 Å². The van der Waals surface area contributed by atoms with Gasteiger partial charge in [0.15, 0.2) is 0 Å². The lowest BCUT2D eigenvalue weighted by Gasteiger charge is -2.46. The van der Waals surface area contributed by atoms with E-state index in [0.717, 1.165) is 31.4 Å². The number of carbonyl (C=O) groups excluding carboxylic acids is 2. The van der Waals surface area contributed by atoms with Crippen molar-refractivity contribution < 1.29 is 19.1 Å². The molecule has 0 spiro atoms. The van der Waals surface area contributed by atoms with Gasteiger partial charge in [0.1, 0.15) is 11.5 Å². The minimum absolute atomic E-state index is 0.171. The first-order chi connectivity index (χ1) is 15.0. The molecule has 0 saturated heterocycles. The lowest BCUT2D eigenvalue weighted by Crippen LogP contribution is -2.36. The quantitative estimate of drug-likeness (QED) is 0.475. The zero-order valence-electron chi connectivity index (χ0n) is 17.9. The third kappa shape index (κ3) is 3.40. The van der Waals surface area contributed by atoms with Crippen LogP contribution in [0.2, 0.25) is 0 Å². The molecule has 0 heterocycles. The van der Waals surface area contributed by atoms with Gasteiger partial charge < -0.3 is 9.47 Å². The van der Waals surface area contributed by atoms with Crippen molar-refractivity contribution in [3.63, 3.8) is 0 Å². The molecule has 3 aliphatic rings. The van der Waals surface area contributed by atoms with Gasteiger partial charge in [-0.3, -0.25) is 4.79 Å². The van der Waals surface area contributed by atoms with E-state index in [1.807, 2.05) is 36.4 Å². The van der Waals surface area contributed by atoms with E-state index >= 15 is 0 Å². The molecule has 3 atom stereocenters. The molecule has 1 saturated carbocycles. The Balaban J connectivity index is 1.36. The average molecular weight is 415 g/mol. The van der Waals surface area contributed by atoms with Gasteiger partial charge in [0, 0.05) is 12.3 Å². The van der Waals surface area contributed by atoms with Crippen LogP contribution in [0.4, 0.5) is 0 Å². The molecule has 1 fully saturated rings. The molecule has 4 heteroatoms. The first-order valence-electron chi connectivity index (χ1n) is 11.0. The summed E-state index contributed by atoms with van der Waals surface area (Å²) in [5.41, 5.74) is 4.41. The van der Waals surface area contributed by atoms with Crippen LogP contribution in [-0.2, 0) is 16.0 Å². The molecule has 0 bridgehead atoms. The maximum atomic E-state index is 12.4. The molecular weight excluding hydrogens is 388 g/mol. The SMILES string of the molecule is CC(=O)OC1=CC=C2[C@@H]3CCc4cc(OC(=O)c5ccccc5)ccc4[C@H]3CC[C@]12C. The van der Waals surface area contributed by atoms with Crippen molar-refractivity contribution in [1.29, 1.82) is 0 Å². The monoisotopic (exact) mass is 414 g/mol. The van der Waals surface area contributed by atoms with Gasteiger partial charge in [-0.25, -0.2) is 4.79 Å². The van der Waals surface area contributed by atoms with Crippen LogP contribution >= 0.6 is 0 Å². The number of allylic oxidation sites excluding steroid dienone is 3. The minimum atomic E-state index is -0.331. The highest BCUT2D eigenvalue weighted by Gasteiger charge is 2.49. The van der Waals surface area contributed by atoms with E-state index in [1.165, 1.54) is 23.6 Å². The Labute approximate surface area is 182 Å². The summed E-state index contributed by atoms with van der Waals surface area (Å²) in [4.78, 5) is 23.9. The number of hydrogen-bond acceptors (Lipinski definition) is 4. The standard InChI is InChI=1S/C27H26O4/c1-17(28)30-25-13-12-24-23-10-8-19-16-20(31-26(29)18-6-4-3-5-7-18)9-11-21(19)22(23)14-15-27(24,25)2/h3-7,9,11-13,16,22-23H,8,10,14-15H2,1-2H3/t22-,23-,27+/m1/s1. The minimum Gasteiger partial charge on any atom is -0.430 e. The molecule has 0 N–H and O–H groups in total. The maximum Gasteiger partial charge on any atom is 0.343 e. The van der Waals surface area contributed by atoms with Gasteiger partial charge in [-0.1, -0.05) is 35.9 Å². The highest BCUT2D eigenvalue weighted by molar-refractivity contribution is 5.91. The van der Waals surface area contributed by atoms with Crippen LogP contribution in [0.15, 0.2) is 72.0 Å². The Morgan fingerprint density at radius 2 is 1.77 bits per heavy atom. The molecule has 0 unspecified atom stereocenters. The normalized spacial score (nSPS) is 26.0. The second kappa shape index (κ2) is 7.52. The summed E-state index contributed by atoms with van der Waals surface area (Å²) < 4.78 is 11.2. The summed E-state index contributed by atoms with van der Waals surface area (Å²) in [6.45, 7) is 3.67. The number of esters is 2. The van der Waals surface area contributed by atoms with Gasteiger partial charge in [-0.05, 0) is 85.9 Å². The lowest BCUT2D eigenvalue weighted by molar-refractivity contribution is -0.138. The van der Waals surface area contributed by atoms with E-state index in [-0.39, 0.29) is 17.4 Å². The highest BCUT2D eigenvalue weighted by atomic mass is 16.5. The van der Waals surface area contributed by atoms with Crippen molar-refractivity contribution in [3.8, 4) is 5.75 Å². The average Bonchev–Trinajstić information content (AvgIpc) is 3.09. The summed E-state index contributed by atoms with van der Waals surface area (Å²) in [6, 6.07) is 15.2. The van der Waals surface area contributed by atoms with E-state index in [2.05, 4.69) is 19.1 Å². The van der Waals surface area contributed by atoms with Crippen LogP contribution in [-0.4, -0.2) is 11.9 Å². The predicted octanol–water partition coefficient (Wildman–Crippen LogP) is 5.74. The Morgan fingerprint density at radius 3 is 2.55 bits per heavy atom. The second-order valence-corrected chi connectivity index (χ2v) is 8.99.